The number of alkyl halides is 3. The van der Waals surface area contributed by atoms with E-state index in [0.717, 1.165) is 19.0 Å². The van der Waals surface area contributed by atoms with Gasteiger partial charge in [0.1, 0.15) is 12.1 Å². The Kier molecular flexibility index (Phi) is 5.05. The topological polar surface area (TPSA) is 79.3 Å². The second kappa shape index (κ2) is 6.70. The standard InChI is InChI=1S/C14H20F3N5O2/c1-13(2,11(23)21-6-3-4-7-21)19-12(24)18-10-5-8-22(20-10)9-14(15,16)17/h5,8H,3-4,6-7,9H2,1-2H3,(H2,18,19,20,24). The van der Waals surface area contributed by atoms with E-state index >= 15 is 0 Å². The summed E-state index contributed by atoms with van der Waals surface area (Å²) in [7, 11) is 0. The molecule has 1 aliphatic heterocycles. The molecule has 0 radical (unpaired) electrons. The van der Waals surface area contributed by atoms with E-state index in [-0.39, 0.29) is 11.7 Å². The SMILES string of the molecule is CC(C)(NC(=O)Nc1ccn(CC(F)(F)F)n1)C(=O)N1CCCC1. The summed E-state index contributed by atoms with van der Waals surface area (Å²) in [6.45, 7) is 3.24. The number of rotatable bonds is 4. The summed E-state index contributed by atoms with van der Waals surface area (Å²) in [5.41, 5.74) is -1.12. The van der Waals surface area contributed by atoms with E-state index < -0.39 is 24.3 Å². The fourth-order valence-electron chi connectivity index (χ4n) is 2.50. The second-order valence-corrected chi connectivity index (χ2v) is 6.22. The van der Waals surface area contributed by atoms with Crippen molar-refractivity contribution < 1.29 is 22.8 Å². The molecule has 3 amide bonds. The van der Waals surface area contributed by atoms with Gasteiger partial charge >= 0.3 is 12.2 Å². The fourth-order valence-corrected chi connectivity index (χ4v) is 2.50. The minimum atomic E-state index is -4.39. The van der Waals surface area contributed by atoms with E-state index in [1.54, 1.807) is 18.7 Å². The molecule has 1 aromatic heterocycles. The molecule has 7 nitrogen and oxygen atoms in total. The third-order valence-corrected chi connectivity index (χ3v) is 3.58. The maximum absolute atomic E-state index is 12.4. The molecule has 10 heteroatoms. The van der Waals surface area contributed by atoms with E-state index in [0.29, 0.717) is 17.8 Å². The van der Waals surface area contributed by atoms with Gasteiger partial charge in [0, 0.05) is 25.4 Å². The zero-order chi connectivity index (χ0) is 18.0. The molecule has 2 N–H and O–H groups in total. The molecule has 134 valence electrons. The molecule has 1 saturated heterocycles. The van der Waals surface area contributed by atoms with Crippen molar-refractivity contribution >= 4 is 17.8 Å². The maximum Gasteiger partial charge on any atom is 0.408 e. The van der Waals surface area contributed by atoms with Gasteiger partial charge in [-0.3, -0.25) is 14.8 Å². The first-order valence-corrected chi connectivity index (χ1v) is 7.55. The molecule has 0 aliphatic carbocycles. The quantitative estimate of drug-likeness (QED) is 0.874. The largest absolute Gasteiger partial charge is 0.408 e. The summed E-state index contributed by atoms with van der Waals surface area (Å²) in [5.74, 6) is -0.223. The van der Waals surface area contributed by atoms with Gasteiger partial charge in [-0.2, -0.15) is 18.3 Å². The van der Waals surface area contributed by atoms with Gasteiger partial charge in [0.15, 0.2) is 5.82 Å². The van der Waals surface area contributed by atoms with Crippen molar-refractivity contribution in [3.63, 3.8) is 0 Å². The van der Waals surface area contributed by atoms with Crippen molar-refractivity contribution in [1.82, 2.24) is 20.0 Å². The van der Waals surface area contributed by atoms with Crippen LogP contribution in [0.1, 0.15) is 26.7 Å². The highest BCUT2D eigenvalue weighted by molar-refractivity contribution is 5.95. The third kappa shape index (κ3) is 4.87. The third-order valence-electron chi connectivity index (χ3n) is 3.58. The highest BCUT2D eigenvalue weighted by Crippen LogP contribution is 2.18. The Morgan fingerprint density at radius 2 is 1.88 bits per heavy atom. The zero-order valence-electron chi connectivity index (χ0n) is 13.5. The molecule has 24 heavy (non-hydrogen) atoms. The highest BCUT2D eigenvalue weighted by atomic mass is 19.4. The lowest BCUT2D eigenvalue weighted by Gasteiger charge is -2.29. The Balaban J connectivity index is 1.91. The first-order valence-electron chi connectivity index (χ1n) is 7.55. The molecule has 0 spiro atoms. The van der Waals surface area contributed by atoms with Crippen LogP contribution in [0.15, 0.2) is 12.3 Å². The normalized spacial score (nSPS) is 15.5. The minimum absolute atomic E-state index is 0.0267. The monoisotopic (exact) mass is 347 g/mol. The number of amides is 3. The van der Waals surface area contributed by atoms with Crippen molar-refractivity contribution in [2.75, 3.05) is 18.4 Å². The zero-order valence-corrected chi connectivity index (χ0v) is 13.5. The summed E-state index contributed by atoms with van der Waals surface area (Å²) in [4.78, 5) is 26.0. The van der Waals surface area contributed by atoms with Crippen LogP contribution in [-0.2, 0) is 11.3 Å². The van der Waals surface area contributed by atoms with Crippen LogP contribution in [0.25, 0.3) is 0 Å². The lowest BCUT2D eigenvalue weighted by molar-refractivity contribution is -0.142. The Labute approximate surface area is 137 Å². The van der Waals surface area contributed by atoms with E-state index in [4.69, 9.17) is 0 Å². The molecule has 0 unspecified atom stereocenters. The Morgan fingerprint density at radius 1 is 1.25 bits per heavy atom. The number of urea groups is 1. The van der Waals surface area contributed by atoms with Gasteiger partial charge in [-0.05, 0) is 26.7 Å². The van der Waals surface area contributed by atoms with Crippen LogP contribution in [0.5, 0.6) is 0 Å². The molecule has 0 bridgehead atoms. The van der Waals surface area contributed by atoms with Gasteiger partial charge in [-0.1, -0.05) is 0 Å². The highest BCUT2D eigenvalue weighted by Gasteiger charge is 2.35. The Morgan fingerprint density at radius 3 is 2.46 bits per heavy atom. The van der Waals surface area contributed by atoms with E-state index in [1.807, 2.05) is 0 Å². The molecule has 1 fully saturated rings. The van der Waals surface area contributed by atoms with Crippen molar-refractivity contribution in [3.8, 4) is 0 Å². The number of nitrogens with zero attached hydrogens (tertiary/aromatic N) is 3. The van der Waals surface area contributed by atoms with Gasteiger partial charge < -0.3 is 10.2 Å². The molecule has 2 rings (SSSR count). The average molecular weight is 347 g/mol. The molecule has 1 aliphatic rings. The number of aromatic nitrogens is 2. The first kappa shape index (κ1) is 18.1. The van der Waals surface area contributed by atoms with Crippen LogP contribution in [0.3, 0.4) is 0 Å². The summed E-state index contributed by atoms with van der Waals surface area (Å²) < 4.78 is 37.5. The van der Waals surface area contributed by atoms with Gasteiger partial charge in [0.05, 0.1) is 0 Å². The number of nitrogens with one attached hydrogen (secondary N) is 2. The van der Waals surface area contributed by atoms with E-state index in [9.17, 15) is 22.8 Å². The van der Waals surface area contributed by atoms with Crippen LogP contribution < -0.4 is 10.6 Å². The number of halogens is 3. The molecule has 0 atom stereocenters. The Bertz CT molecular complexity index is 606. The number of hydrogen-bond acceptors (Lipinski definition) is 3. The summed E-state index contributed by atoms with van der Waals surface area (Å²) in [5, 5.41) is 8.47. The minimum Gasteiger partial charge on any atom is -0.341 e. The molecular formula is C14H20F3N5O2. The van der Waals surface area contributed by atoms with Crippen LogP contribution in [0.2, 0.25) is 0 Å². The molecular weight excluding hydrogens is 327 g/mol. The van der Waals surface area contributed by atoms with Gasteiger partial charge in [0.2, 0.25) is 5.91 Å². The number of likely N-dealkylation sites (tertiary alicyclic amines) is 1. The fraction of sp³-hybridized carbons (Fsp3) is 0.643. The summed E-state index contributed by atoms with van der Waals surface area (Å²) in [6.07, 6.45) is -1.41. The molecule has 1 aromatic rings. The van der Waals surface area contributed by atoms with Crippen molar-refractivity contribution in [3.05, 3.63) is 12.3 Å². The van der Waals surface area contributed by atoms with Crippen molar-refractivity contribution in [2.45, 2.75) is 44.9 Å². The predicted octanol–water partition coefficient (Wildman–Crippen LogP) is 1.97. The lowest BCUT2D eigenvalue weighted by Crippen LogP contribution is -2.56. The smallest absolute Gasteiger partial charge is 0.341 e. The number of carbonyl (C=O) groups is 2. The number of carbonyl (C=O) groups excluding carboxylic acids is 2. The summed E-state index contributed by atoms with van der Waals surface area (Å²) in [6, 6.07) is 0.547. The molecule has 0 aromatic carbocycles. The van der Waals surface area contributed by atoms with Crippen LogP contribution >= 0.6 is 0 Å². The first-order chi connectivity index (χ1) is 11.1. The van der Waals surface area contributed by atoms with Crippen LogP contribution in [0.4, 0.5) is 23.8 Å². The lowest BCUT2D eigenvalue weighted by atomic mass is 10.0. The van der Waals surface area contributed by atoms with Gasteiger partial charge in [-0.15, -0.1) is 0 Å². The number of anilines is 1. The Hall–Kier alpha value is -2.26. The predicted molar refractivity (Wildman–Crippen MR) is 80.3 cm³/mol. The summed E-state index contributed by atoms with van der Waals surface area (Å²) >= 11 is 0. The van der Waals surface area contributed by atoms with E-state index in [1.165, 1.54) is 6.07 Å². The van der Waals surface area contributed by atoms with Crippen molar-refractivity contribution in [1.29, 1.82) is 0 Å². The van der Waals surface area contributed by atoms with Crippen LogP contribution in [0, 0.1) is 0 Å². The molecule has 2 heterocycles. The van der Waals surface area contributed by atoms with Gasteiger partial charge in [0.25, 0.3) is 0 Å². The molecule has 0 saturated carbocycles. The number of hydrogen-bond donors (Lipinski definition) is 2. The van der Waals surface area contributed by atoms with Crippen molar-refractivity contribution in [2.24, 2.45) is 0 Å². The maximum atomic E-state index is 12.4. The van der Waals surface area contributed by atoms with Gasteiger partial charge in [-0.25, -0.2) is 4.79 Å². The average Bonchev–Trinajstić information content (AvgIpc) is 3.07. The van der Waals surface area contributed by atoms with Crippen LogP contribution in [-0.4, -0.2) is 51.4 Å². The second-order valence-electron chi connectivity index (χ2n) is 6.22. The van der Waals surface area contributed by atoms with E-state index in [2.05, 4.69) is 15.7 Å².